The van der Waals surface area contributed by atoms with Crippen LogP contribution < -0.4 is 0 Å². The van der Waals surface area contributed by atoms with Crippen LogP contribution in [0.2, 0.25) is 0 Å². The molecule has 0 spiro atoms. The van der Waals surface area contributed by atoms with Crippen molar-refractivity contribution >= 4 is 11.6 Å². The van der Waals surface area contributed by atoms with Crippen LogP contribution in [-0.4, -0.2) is 11.6 Å². The van der Waals surface area contributed by atoms with Gasteiger partial charge in [0.25, 0.3) is 0 Å². The summed E-state index contributed by atoms with van der Waals surface area (Å²) in [5.74, 6) is 0.0999. The molecule has 0 amide bonds. The molecule has 2 nitrogen and oxygen atoms in total. The van der Waals surface area contributed by atoms with E-state index in [2.05, 4.69) is 12.2 Å². The molecule has 0 radical (unpaired) electrons. The Morgan fingerprint density at radius 1 is 0.750 bits per heavy atom. The van der Waals surface area contributed by atoms with Gasteiger partial charge >= 0.3 is 0 Å². The largest absolute Gasteiger partial charge is 0.294 e. The van der Waals surface area contributed by atoms with Crippen molar-refractivity contribution < 1.29 is 9.59 Å². The van der Waals surface area contributed by atoms with Crippen LogP contribution in [0.4, 0.5) is 0 Å². The van der Waals surface area contributed by atoms with E-state index in [4.69, 9.17) is 0 Å². The highest BCUT2D eigenvalue weighted by Crippen LogP contribution is 2.44. The third-order valence-electron chi connectivity index (χ3n) is 4.95. The van der Waals surface area contributed by atoms with Gasteiger partial charge < -0.3 is 0 Å². The summed E-state index contributed by atoms with van der Waals surface area (Å²) in [7, 11) is 0. The Labute approximate surface area is 118 Å². The van der Waals surface area contributed by atoms with E-state index in [1.165, 1.54) is 11.1 Å². The fourth-order valence-electron chi connectivity index (χ4n) is 3.87. The maximum atomic E-state index is 12.7. The highest BCUT2D eigenvalue weighted by atomic mass is 16.1. The molecule has 3 aliphatic carbocycles. The van der Waals surface area contributed by atoms with Gasteiger partial charge in [0.15, 0.2) is 11.6 Å². The van der Waals surface area contributed by atoms with Gasteiger partial charge in [0, 0.05) is 23.0 Å². The van der Waals surface area contributed by atoms with Gasteiger partial charge in [-0.05, 0) is 25.7 Å². The second-order valence-corrected chi connectivity index (χ2v) is 5.98. The summed E-state index contributed by atoms with van der Waals surface area (Å²) < 4.78 is 0. The minimum atomic E-state index is -0.123. The average Bonchev–Trinajstić information content (AvgIpc) is 2.51. The number of carbonyl (C=O) groups excluding carboxylic acids is 2. The maximum absolute atomic E-state index is 12.7. The molecule has 0 aromatic heterocycles. The molecule has 20 heavy (non-hydrogen) atoms. The van der Waals surface area contributed by atoms with Gasteiger partial charge in [0.1, 0.15) is 0 Å². The molecule has 2 atom stereocenters. The molecule has 0 heterocycles. The Balaban J connectivity index is 1.78. The molecule has 0 unspecified atom stereocenters. The molecule has 0 saturated heterocycles. The highest BCUT2D eigenvalue weighted by molar-refractivity contribution is 6.16. The van der Waals surface area contributed by atoms with E-state index in [9.17, 15) is 9.59 Å². The first-order chi connectivity index (χ1) is 9.75. The Kier molecular flexibility index (Phi) is 2.53. The lowest BCUT2D eigenvalue weighted by atomic mass is 9.64. The fraction of sp³-hybridized carbons (Fsp3) is 0.333. The minimum absolute atomic E-state index is 0.123. The van der Waals surface area contributed by atoms with Crippen molar-refractivity contribution in [2.75, 3.05) is 0 Å². The predicted molar refractivity (Wildman–Crippen MR) is 76.7 cm³/mol. The second-order valence-electron chi connectivity index (χ2n) is 5.98. The van der Waals surface area contributed by atoms with E-state index in [1.54, 1.807) is 12.1 Å². The minimum Gasteiger partial charge on any atom is -0.294 e. The highest BCUT2D eigenvalue weighted by Gasteiger charge is 2.44. The lowest BCUT2D eigenvalue weighted by Crippen LogP contribution is -2.39. The zero-order valence-electron chi connectivity index (χ0n) is 11.3. The van der Waals surface area contributed by atoms with Gasteiger partial charge in [-0.3, -0.25) is 9.59 Å². The summed E-state index contributed by atoms with van der Waals surface area (Å²) >= 11 is 0. The number of ketones is 2. The summed E-state index contributed by atoms with van der Waals surface area (Å²) in [6.45, 7) is 0. The SMILES string of the molecule is O=C1c2ccccc2C(=O)[C@H]2CC3=C(CC=CC3)C[C@H]12. The number of allylic oxidation sites excluding steroid dienone is 4. The van der Waals surface area contributed by atoms with Crippen molar-refractivity contribution in [1.29, 1.82) is 0 Å². The van der Waals surface area contributed by atoms with E-state index < -0.39 is 0 Å². The zero-order chi connectivity index (χ0) is 13.7. The number of benzene rings is 1. The monoisotopic (exact) mass is 264 g/mol. The molecule has 1 aromatic rings. The first-order valence-electron chi connectivity index (χ1n) is 7.28. The number of fused-ring (bicyclic) bond motifs is 2. The number of rotatable bonds is 0. The first-order valence-corrected chi connectivity index (χ1v) is 7.28. The van der Waals surface area contributed by atoms with Crippen molar-refractivity contribution in [1.82, 2.24) is 0 Å². The van der Waals surface area contributed by atoms with Crippen molar-refractivity contribution in [3.05, 3.63) is 58.7 Å². The van der Waals surface area contributed by atoms with Gasteiger partial charge in [-0.1, -0.05) is 47.6 Å². The van der Waals surface area contributed by atoms with Crippen LogP contribution in [0.25, 0.3) is 0 Å². The predicted octanol–water partition coefficient (Wildman–Crippen LogP) is 3.74. The van der Waals surface area contributed by atoms with E-state index in [-0.39, 0.29) is 23.4 Å². The van der Waals surface area contributed by atoms with Crippen molar-refractivity contribution in [3.63, 3.8) is 0 Å². The molecule has 100 valence electrons. The molecule has 4 rings (SSSR count). The molecular formula is C18H16O2. The Hall–Kier alpha value is -1.96. The number of hydrogen-bond acceptors (Lipinski definition) is 2. The molecule has 1 aromatic carbocycles. The van der Waals surface area contributed by atoms with Crippen LogP contribution >= 0.6 is 0 Å². The van der Waals surface area contributed by atoms with Crippen LogP contribution in [0, 0.1) is 11.8 Å². The first kappa shape index (κ1) is 11.8. The van der Waals surface area contributed by atoms with E-state index in [0.717, 1.165) is 25.7 Å². The Bertz CT molecular complexity index is 621. The second kappa shape index (κ2) is 4.27. The van der Waals surface area contributed by atoms with Crippen molar-refractivity contribution in [2.45, 2.75) is 25.7 Å². The summed E-state index contributed by atoms with van der Waals surface area (Å²) in [5.41, 5.74) is 4.06. The quantitative estimate of drug-likeness (QED) is 0.669. The molecule has 0 N–H and O–H groups in total. The molecule has 2 heteroatoms. The summed E-state index contributed by atoms with van der Waals surface area (Å²) in [6.07, 6.45) is 7.85. The van der Waals surface area contributed by atoms with Crippen LogP contribution in [0.3, 0.4) is 0 Å². The van der Waals surface area contributed by atoms with Gasteiger partial charge in [-0.25, -0.2) is 0 Å². The average molecular weight is 264 g/mol. The zero-order valence-corrected chi connectivity index (χ0v) is 11.3. The van der Waals surface area contributed by atoms with Gasteiger partial charge in [0.2, 0.25) is 0 Å². The third kappa shape index (κ3) is 1.57. The maximum Gasteiger partial charge on any atom is 0.167 e. The van der Waals surface area contributed by atoms with Crippen molar-refractivity contribution in [3.8, 4) is 0 Å². The summed E-state index contributed by atoms with van der Waals surface area (Å²) in [5, 5.41) is 0. The normalized spacial score (nSPS) is 28.0. The van der Waals surface area contributed by atoms with Crippen LogP contribution in [0.15, 0.2) is 47.6 Å². The molecule has 0 saturated carbocycles. The van der Waals surface area contributed by atoms with Crippen LogP contribution in [0.5, 0.6) is 0 Å². The van der Waals surface area contributed by atoms with E-state index >= 15 is 0 Å². The molecule has 0 aliphatic heterocycles. The summed E-state index contributed by atoms with van der Waals surface area (Å²) in [4.78, 5) is 25.4. The Morgan fingerprint density at radius 3 is 1.65 bits per heavy atom. The lowest BCUT2D eigenvalue weighted by molar-refractivity contribution is 0.0719. The van der Waals surface area contributed by atoms with Crippen LogP contribution in [0.1, 0.15) is 46.4 Å². The van der Waals surface area contributed by atoms with E-state index in [1.807, 2.05) is 12.1 Å². The third-order valence-corrected chi connectivity index (χ3v) is 4.95. The van der Waals surface area contributed by atoms with Crippen LogP contribution in [-0.2, 0) is 0 Å². The number of carbonyl (C=O) groups is 2. The molecular weight excluding hydrogens is 248 g/mol. The fourth-order valence-corrected chi connectivity index (χ4v) is 3.87. The summed E-state index contributed by atoms with van der Waals surface area (Å²) in [6, 6.07) is 7.30. The van der Waals surface area contributed by atoms with Gasteiger partial charge in [-0.15, -0.1) is 0 Å². The topological polar surface area (TPSA) is 34.1 Å². The van der Waals surface area contributed by atoms with E-state index in [0.29, 0.717) is 11.1 Å². The van der Waals surface area contributed by atoms with Gasteiger partial charge in [0.05, 0.1) is 0 Å². The smallest absolute Gasteiger partial charge is 0.167 e. The molecule has 0 bridgehead atoms. The molecule has 0 fully saturated rings. The number of Topliss-reactive ketones (excluding diaryl/α,β-unsaturated/α-hetero) is 2. The Morgan fingerprint density at radius 2 is 1.20 bits per heavy atom. The van der Waals surface area contributed by atoms with Gasteiger partial charge in [-0.2, -0.15) is 0 Å². The van der Waals surface area contributed by atoms with Crippen molar-refractivity contribution in [2.24, 2.45) is 11.8 Å². The lowest BCUT2D eigenvalue weighted by Gasteiger charge is -2.37. The standard InChI is InChI=1S/C18H16O2/c19-17-13-7-3-4-8-14(13)18(20)16-10-12-6-2-1-5-11(12)9-15(16)17/h1-4,7-8,15-16H,5-6,9-10H2/t15-,16-/m0/s1. The molecule has 3 aliphatic rings. The number of hydrogen-bond donors (Lipinski definition) is 0.